The molecule has 0 unspecified atom stereocenters. The van der Waals surface area contributed by atoms with Crippen LogP contribution in [0.5, 0.6) is 0 Å². The van der Waals surface area contributed by atoms with Crippen molar-refractivity contribution in [1.82, 2.24) is 10.2 Å². The van der Waals surface area contributed by atoms with Gasteiger partial charge in [0.25, 0.3) is 0 Å². The highest BCUT2D eigenvalue weighted by molar-refractivity contribution is 5.92. The molecule has 24 heavy (non-hydrogen) atoms. The lowest BCUT2D eigenvalue weighted by Gasteiger charge is -2.29. The predicted molar refractivity (Wildman–Crippen MR) is 94.4 cm³/mol. The van der Waals surface area contributed by atoms with Crippen LogP contribution in [0.15, 0.2) is 24.3 Å². The fourth-order valence-corrected chi connectivity index (χ4v) is 4.10. The number of rotatable bonds is 4. The number of hydrogen-bond acceptors (Lipinski definition) is 5. The molecular formula is C18H26N4O2. The van der Waals surface area contributed by atoms with Gasteiger partial charge in [-0.25, -0.2) is 0 Å². The van der Waals surface area contributed by atoms with Gasteiger partial charge in [0.05, 0.1) is 19.8 Å². The highest BCUT2D eigenvalue weighted by Gasteiger charge is 2.37. The molecule has 3 heterocycles. The Morgan fingerprint density at radius 3 is 2.75 bits per heavy atom. The van der Waals surface area contributed by atoms with Crippen LogP contribution in [0, 0.1) is 5.92 Å². The molecule has 0 saturated carbocycles. The zero-order chi connectivity index (χ0) is 16.4. The maximum atomic E-state index is 12.3. The van der Waals surface area contributed by atoms with Gasteiger partial charge in [0.1, 0.15) is 0 Å². The fraction of sp³-hybridized carbons (Fsp3) is 0.611. The van der Waals surface area contributed by atoms with Gasteiger partial charge in [-0.05, 0) is 49.7 Å². The normalized spacial score (nSPS) is 27.2. The number of likely N-dealkylation sites (tertiary alicyclic amines) is 1. The summed E-state index contributed by atoms with van der Waals surface area (Å²) >= 11 is 0. The Bertz CT molecular complexity index is 571. The molecule has 130 valence electrons. The second-order valence-electron chi connectivity index (χ2n) is 6.94. The monoisotopic (exact) mass is 330 g/mol. The van der Waals surface area contributed by atoms with Crippen molar-refractivity contribution in [1.29, 1.82) is 0 Å². The molecule has 0 aromatic heterocycles. The van der Waals surface area contributed by atoms with Gasteiger partial charge in [0.15, 0.2) is 0 Å². The third-order valence-electron chi connectivity index (χ3n) is 5.43. The number of anilines is 2. The number of carbonyl (C=O) groups excluding carboxylic acids is 1. The second-order valence-corrected chi connectivity index (χ2v) is 6.94. The zero-order valence-electron chi connectivity index (χ0n) is 14.0. The molecule has 1 aromatic rings. The highest BCUT2D eigenvalue weighted by Crippen LogP contribution is 2.26. The Morgan fingerprint density at radius 1 is 1.17 bits per heavy atom. The van der Waals surface area contributed by atoms with Crippen molar-refractivity contribution in [3.05, 3.63) is 24.3 Å². The Kier molecular flexibility index (Phi) is 4.69. The summed E-state index contributed by atoms with van der Waals surface area (Å²) in [4.78, 5) is 17.0. The van der Waals surface area contributed by atoms with Gasteiger partial charge >= 0.3 is 0 Å². The number of nitrogens with zero attached hydrogens (tertiary/aromatic N) is 2. The molecule has 6 nitrogen and oxygen atoms in total. The second kappa shape index (κ2) is 7.09. The van der Waals surface area contributed by atoms with E-state index in [0.717, 1.165) is 57.5 Å². The molecule has 0 radical (unpaired) electrons. The van der Waals surface area contributed by atoms with Crippen LogP contribution in [-0.4, -0.2) is 69.3 Å². The third-order valence-corrected chi connectivity index (χ3v) is 5.43. The van der Waals surface area contributed by atoms with E-state index in [9.17, 15) is 4.79 Å². The van der Waals surface area contributed by atoms with E-state index in [1.165, 1.54) is 12.1 Å². The van der Waals surface area contributed by atoms with E-state index in [1.807, 2.05) is 12.1 Å². The summed E-state index contributed by atoms with van der Waals surface area (Å²) in [5.41, 5.74) is 2.06. The van der Waals surface area contributed by atoms with Crippen LogP contribution >= 0.6 is 0 Å². The minimum Gasteiger partial charge on any atom is -0.378 e. The van der Waals surface area contributed by atoms with Gasteiger partial charge in [-0.1, -0.05) is 0 Å². The number of fused-ring (bicyclic) bond motifs is 1. The van der Waals surface area contributed by atoms with E-state index >= 15 is 0 Å². The third kappa shape index (κ3) is 3.41. The summed E-state index contributed by atoms with van der Waals surface area (Å²) in [7, 11) is 0. The molecule has 3 aliphatic rings. The molecule has 3 saturated heterocycles. The summed E-state index contributed by atoms with van der Waals surface area (Å²) in [6.07, 6.45) is 1.21. The van der Waals surface area contributed by atoms with Crippen LogP contribution < -0.4 is 15.5 Å². The van der Waals surface area contributed by atoms with Crippen molar-refractivity contribution in [3.8, 4) is 0 Å². The van der Waals surface area contributed by atoms with Crippen molar-refractivity contribution in [2.75, 3.05) is 62.7 Å². The lowest BCUT2D eigenvalue weighted by atomic mass is 10.1. The van der Waals surface area contributed by atoms with Crippen LogP contribution in [-0.2, 0) is 9.53 Å². The summed E-state index contributed by atoms with van der Waals surface area (Å²) in [5, 5.41) is 6.46. The van der Waals surface area contributed by atoms with Crippen LogP contribution in [0.3, 0.4) is 0 Å². The molecular weight excluding hydrogens is 304 g/mol. The first-order valence-corrected chi connectivity index (χ1v) is 8.97. The lowest BCUT2D eigenvalue weighted by molar-refractivity contribution is -0.117. The van der Waals surface area contributed by atoms with Crippen LogP contribution in [0.4, 0.5) is 11.4 Å². The van der Waals surface area contributed by atoms with Crippen LogP contribution in [0.1, 0.15) is 6.42 Å². The number of nitrogens with one attached hydrogen (secondary N) is 2. The molecule has 0 spiro atoms. The number of benzene rings is 1. The zero-order valence-corrected chi connectivity index (χ0v) is 14.0. The van der Waals surface area contributed by atoms with Gasteiger partial charge in [0.2, 0.25) is 5.91 Å². The van der Waals surface area contributed by atoms with Crippen LogP contribution in [0.25, 0.3) is 0 Å². The molecule has 6 heteroatoms. The molecule has 2 N–H and O–H groups in total. The highest BCUT2D eigenvalue weighted by atomic mass is 16.5. The standard InChI is InChI=1S/C18H26N4O2/c23-18(13-22-6-5-14-11-19-12-17(14)22)20-15-1-3-16(4-2-15)21-7-9-24-10-8-21/h1-4,14,17,19H,5-13H2,(H,20,23)/t14-,17+/m1/s1. The summed E-state index contributed by atoms with van der Waals surface area (Å²) in [5.74, 6) is 0.812. The summed E-state index contributed by atoms with van der Waals surface area (Å²) in [6.45, 7) is 7.08. The van der Waals surface area contributed by atoms with Crippen molar-refractivity contribution in [2.24, 2.45) is 5.92 Å². The number of ether oxygens (including phenoxy) is 1. The van der Waals surface area contributed by atoms with Gasteiger partial charge in [-0.3, -0.25) is 9.69 Å². The van der Waals surface area contributed by atoms with Crippen molar-refractivity contribution >= 4 is 17.3 Å². The fourth-order valence-electron chi connectivity index (χ4n) is 4.10. The van der Waals surface area contributed by atoms with E-state index in [4.69, 9.17) is 4.74 Å². The largest absolute Gasteiger partial charge is 0.378 e. The van der Waals surface area contributed by atoms with Crippen LogP contribution in [0.2, 0.25) is 0 Å². The number of hydrogen-bond donors (Lipinski definition) is 2. The molecule has 4 rings (SSSR count). The Morgan fingerprint density at radius 2 is 1.96 bits per heavy atom. The smallest absolute Gasteiger partial charge is 0.238 e. The Balaban J connectivity index is 1.30. The summed E-state index contributed by atoms with van der Waals surface area (Å²) in [6, 6.07) is 8.68. The van der Waals surface area contributed by atoms with E-state index < -0.39 is 0 Å². The number of carbonyl (C=O) groups is 1. The first-order valence-electron chi connectivity index (χ1n) is 8.97. The van der Waals surface area contributed by atoms with E-state index in [1.54, 1.807) is 0 Å². The van der Waals surface area contributed by atoms with E-state index in [0.29, 0.717) is 12.6 Å². The molecule has 0 aliphatic carbocycles. The Hall–Kier alpha value is -1.63. The van der Waals surface area contributed by atoms with Gasteiger partial charge in [-0.15, -0.1) is 0 Å². The topological polar surface area (TPSA) is 56.8 Å². The van der Waals surface area contributed by atoms with Crippen molar-refractivity contribution < 1.29 is 9.53 Å². The molecule has 2 atom stereocenters. The quantitative estimate of drug-likeness (QED) is 0.853. The minimum atomic E-state index is 0.0849. The van der Waals surface area contributed by atoms with Crippen molar-refractivity contribution in [2.45, 2.75) is 12.5 Å². The maximum absolute atomic E-state index is 12.3. The van der Waals surface area contributed by atoms with Gasteiger partial charge in [-0.2, -0.15) is 0 Å². The van der Waals surface area contributed by atoms with E-state index in [-0.39, 0.29) is 5.91 Å². The predicted octanol–water partition coefficient (Wildman–Crippen LogP) is 0.755. The SMILES string of the molecule is O=C(CN1CC[C@@H]2CNC[C@@H]21)Nc1ccc(N2CCOCC2)cc1. The molecule has 3 aliphatic heterocycles. The molecule has 3 fully saturated rings. The maximum Gasteiger partial charge on any atom is 0.238 e. The molecule has 0 bridgehead atoms. The summed E-state index contributed by atoms with van der Waals surface area (Å²) < 4.78 is 5.38. The first-order chi connectivity index (χ1) is 11.8. The minimum absolute atomic E-state index is 0.0849. The number of amides is 1. The van der Waals surface area contributed by atoms with Gasteiger partial charge < -0.3 is 20.3 Å². The van der Waals surface area contributed by atoms with E-state index in [2.05, 4.69) is 32.6 Å². The average molecular weight is 330 g/mol. The average Bonchev–Trinajstić information content (AvgIpc) is 3.22. The number of morpholine rings is 1. The van der Waals surface area contributed by atoms with Gasteiger partial charge in [0, 0.05) is 37.1 Å². The lowest BCUT2D eigenvalue weighted by Crippen LogP contribution is -2.39. The molecule has 1 amide bonds. The Labute approximate surface area is 143 Å². The first kappa shape index (κ1) is 15.9. The molecule has 1 aromatic carbocycles. The van der Waals surface area contributed by atoms with Crippen molar-refractivity contribution in [3.63, 3.8) is 0 Å².